The number of aliphatic imine (C=N–C) groups is 1. The molecule has 1 aliphatic carbocycles. The van der Waals surface area contributed by atoms with Gasteiger partial charge in [-0.25, -0.2) is 25.2 Å². The van der Waals surface area contributed by atoms with Crippen molar-refractivity contribution in [3.8, 4) is 0 Å². The minimum atomic E-state index is -1.28. The molecule has 0 aromatic heterocycles. The predicted molar refractivity (Wildman–Crippen MR) is 188 cm³/mol. The van der Waals surface area contributed by atoms with Crippen LogP contribution >= 0.6 is 0 Å². The molecule has 2 aromatic rings. The topological polar surface area (TPSA) is 235 Å². The predicted octanol–water partition coefficient (Wildman–Crippen LogP) is 1.76. The molecule has 0 heterocycles. The molecular formula is C35H47N7O11. The number of hydrogen-bond donors (Lipinski definition) is 6. The molecule has 1 aliphatic rings. The molecule has 288 valence electrons. The maximum Gasteiger partial charge on any atom is 0.426 e. The summed E-state index contributed by atoms with van der Waals surface area (Å²) in [5, 5.41) is 11.9. The molecule has 6 N–H and O–H groups in total. The number of nitrogens with zero attached hydrogens (tertiary/aromatic N) is 2. The SMILES string of the molecule is COC(=O)[C@H](CCCN=C(NNC(=O)OCc1ccccc1)NNC(=O)OCc1ccccc1)NC(=O)CN(CC(=O)O)C(=O)C1CCC(OC)CC1. The molecule has 0 aliphatic heterocycles. The first-order chi connectivity index (χ1) is 25.6. The number of aliphatic carboxylic acids is 1. The Morgan fingerprint density at radius 1 is 0.792 bits per heavy atom. The number of rotatable bonds is 16. The summed E-state index contributed by atoms with van der Waals surface area (Å²) in [6.07, 6.45) is 0.834. The Hall–Kier alpha value is -5.91. The first-order valence-corrected chi connectivity index (χ1v) is 17.0. The highest BCUT2D eigenvalue weighted by Crippen LogP contribution is 2.27. The van der Waals surface area contributed by atoms with Gasteiger partial charge in [-0.05, 0) is 49.7 Å². The molecule has 53 heavy (non-hydrogen) atoms. The van der Waals surface area contributed by atoms with Crippen LogP contribution in [0.2, 0.25) is 0 Å². The van der Waals surface area contributed by atoms with Crippen molar-refractivity contribution in [1.29, 1.82) is 0 Å². The van der Waals surface area contributed by atoms with Crippen LogP contribution < -0.4 is 27.0 Å². The van der Waals surface area contributed by atoms with Crippen LogP contribution in [-0.2, 0) is 51.3 Å². The van der Waals surface area contributed by atoms with Crippen molar-refractivity contribution in [2.75, 3.05) is 33.9 Å². The zero-order valence-corrected chi connectivity index (χ0v) is 29.7. The van der Waals surface area contributed by atoms with Gasteiger partial charge < -0.3 is 34.3 Å². The van der Waals surface area contributed by atoms with Crippen LogP contribution in [-0.4, -0.2) is 97.9 Å². The molecule has 18 nitrogen and oxygen atoms in total. The number of carboxylic acids is 1. The van der Waals surface area contributed by atoms with E-state index in [1.165, 1.54) is 0 Å². The van der Waals surface area contributed by atoms with Gasteiger partial charge in [-0.2, -0.15) is 0 Å². The second-order valence-electron chi connectivity index (χ2n) is 11.9. The number of esters is 1. The second-order valence-corrected chi connectivity index (χ2v) is 11.9. The molecular weight excluding hydrogens is 694 g/mol. The zero-order chi connectivity index (χ0) is 38.4. The first-order valence-electron chi connectivity index (χ1n) is 17.0. The third-order valence-corrected chi connectivity index (χ3v) is 8.06. The highest BCUT2D eigenvalue weighted by Gasteiger charge is 2.32. The third kappa shape index (κ3) is 15.9. The van der Waals surface area contributed by atoms with Crippen molar-refractivity contribution in [3.05, 3.63) is 71.8 Å². The number of guanidine groups is 1. The number of carbonyl (C=O) groups is 6. The summed E-state index contributed by atoms with van der Waals surface area (Å²) < 4.78 is 20.5. The summed E-state index contributed by atoms with van der Waals surface area (Å²) in [6, 6.07) is 16.8. The number of carboxylic acid groups (broad SMARTS) is 1. The molecule has 0 saturated heterocycles. The lowest BCUT2D eigenvalue weighted by atomic mass is 9.86. The molecule has 18 heteroatoms. The Bertz CT molecular complexity index is 1460. The van der Waals surface area contributed by atoms with Gasteiger partial charge in [0.2, 0.25) is 17.8 Å². The summed E-state index contributed by atoms with van der Waals surface area (Å²) in [5.74, 6) is -3.82. The summed E-state index contributed by atoms with van der Waals surface area (Å²) >= 11 is 0. The van der Waals surface area contributed by atoms with Crippen LogP contribution in [0.4, 0.5) is 9.59 Å². The molecule has 0 unspecified atom stereocenters. The van der Waals surface area contributed by atoms with E-state index in [-0.39, 0.29) is 44.7 Å². The summed E-state index contributed by atoms with van der Waals surface area (Å²) in [5.41, 5.74) is 11.1. The van der Waals surface area contributed by atoms with Gasteiger partial charge in [-0.1, -0.05) is 60.7 Å². The highest BCUT2D eigenvalue weighted by atomic mass is 16.6. The zero-order valence-electron chi connectivity index (χ0n) is 29.7. The largest absolute Gasteiger partial charge is 0.480 e. The summed E-state index contributed by atoms with van der Waals surface area (Å²) in [6.45, 7) is -1.25. The van der Waals surface area contributed by atoms with Gasteiger partial charge in [-0.15, -0.1) is 0 Å². The van der Waals surface area contributed by atoms with E-state index in [2.05, 4.69) is 32.0 Å². The Morgan fingerprint density at radius 2 is 1.34 bits per heavy atom. The van der Waals surface area contributed by atoms with Gasteiger partial charge in [0.1, 0.15) is 32.3 Å². The molecule has 1 fully saturated rings. The number of hydrazine groups is 2. The number of amides is 4. The van der Waals surface area contributed by atoms with E-state index in [1.54, 1.807) is 55.6 Å². The minimum Gasteiger partial charge on any atom is -0.480 e. The highest BCUT2D eigenvalue weighted by molar-refractivity contribution is 5.90. The van der Waals surface area contributed by atoms with Crippen molar-refractivity contribution < 1.29 is 52.8 Å². The van der Waals surface area contributed by atoms with Crippen molar-refractivity contribution in [2.45, 2.75) is 63.9 Å². The van der Waals surface area contributed by atoms with E-state index < -0.39 is 61.0 Å². The lowest BCUT2D eigenvalue weighted by molar-refractivity contribution is -0.150. The number of nitrogens with one attached hydrogen (secondary N) is 5. The monoisotopic (exact) mass is 741 g/mol. The van der Waals surface area contributed by atoms with Crippen LogP contribution in [0, 0.1) is 5.92 Å². The van der Waals surface area contributed by atoms with Gasteiger partial charge in [0.05, 0.1) is 13.2 Å². The Kier molecular flexibility index (Phi) is 17.9. The molecule has 0 bridgehead atoms. The van der Waals surface area contributed by atoms with E-state index in [0.717, 1.165) is 23.1 Å². The van der Waals surface area contributed by atoms with Gasteiger partial charge in [0, 0.05) is 19.6 Å². The van der Waals surface area contributed by atoms with E-state index in [4.69, 9.17) is 18.9 Å². The van der Waals surface area contributed by atoms with E-state index in [9.17, 15) is 33.9 Å². The molecule has 1 atom stereocenters. The van der Waals surface area contributed by atoms with Crippen molar-refractivity contribution in [2.24, 2.45) is 10.9 Å². The van der Waals surface area contributed by atoms with Crippen molar-refractivity contribution >= 4 is 41.9 Å². The van der Waals surface area contributed by atoms with Crippen LogP contribution in [0.5, 0.6) is 0 Å². The van der Waals surface area contributed by atoms with Gasteiger partial charge in [0.15, 0.2) is 0 Å². The average Bonchev–Trinajstić information content (AvgIpc) is 3.17. The quantitative estimate of drug-likeness (QED) is 0.0360. The molecule has 3 rings (SSSR count). The lowest BCUT2D eigenvalue weighted by Crippen LogP contribution is -2.53. The van der Waals surface area contributed by atoms with E-state index in [1.807, 2.05) is 12.1 Å². The van der Waals surface area contributed by atoms with E-state index in [0.29, 0.717) is 25.7 Å². The molecule has 2 aromatic carbocycles. The number of carbonyl (C=O) groups excluding carboxylic acids is 5. The summed E-state index contributed by atoms with van der Waals surface area (Å²) in [7, 11) is 2.74. The Labute approximate surface area is 306 Å². The van der Waals surface area contributed by atoms with Crippen molar-refractivity contribution in [1.82, 2.24) is 31.9 Å². The molecule has 0 radical (unpaired) electrons. The third-order valence-electron chi connectivity index (χ3n) is 8.06. The fraction of sp³-hybridized carbons (Fsp3) is 0.457. The van der Waals surface area contributed by atoms with Crippen LogP contribution in [0.15, 0.2) is 65.7 Å². The molecule has 0 spiro atoms. The standard InChI is InChI=1S/C35H47N7O11/c1-50-27-17-15-26(16-18-27)31(46)42(21-30(44)45)20-29(43)37-28(32(47)51-2)14-9-19-36-33(38-40-34(48)52-22-24-10-5-3-6-11-24)39-41-35(49)53-23-25-12-7-4-8-13-25/h3-8,10-13,26-28H,9,14-23H2,1-2H3,(H,37,43)(H,40,48)(H,41,49)(H,44,45)(H2,36,38,39)/t26?,27?,28-/m0/s1. The maximum absolute atomic E-state index is 13.2. The minimum absolute atomic E-state index is 0.00340. The number of methoxy groups -OCH3 is 2. The molecule has 1 saturated carbocycles. The smallest absolute Gasteiger partial charge is 0.426 e. The lowest BCUT2D eigenvalue weighted by Gasteiger charge is -2.31. The fourth-order valence-electron chi connectivity index (χ4n) is 5.32. The number of benzene rings is 2. The van der Waals surface area contributed by atoms with Crippen LogP contribution in [0.1, 0.15) is 49.7 Å². The summed E-state index contributed by atoms with van der Waals surface area (Å²) in [4.78, 5) is 80.1. The fourth-order valence-corrected chi connectivity index (χ4v) is 5.32. The van der Waals surface area contributed by atoms with Crippen molar-refractivity contribution in [3.63, 3.8) is 0 Å². The average molecular weight is 742 g/mol. The van der Waals surface area contributed by atoms with Crippen LogP contribution in [0.3, 0.4) is 0 Å². The number of hydrogen-bond acceptors (Lipinski definition) is 11. The van der Waals surface area contributed by atoms with Gasteiger partial charge in [-0.3, -0.25) is 30.2 Å². The van der Waals surface area contributed by atoms with Gasteiger partial charge >= 0.3 is 24.1 Å². The first kappa shape index (κ1) is 41.5. The Morgan fingerprint density at radius 3 is 1.83 bits per heavy atom. The second kappa shape index (κ2) is 22.8. The van der Waals surface area contributed by atoms with Crippen LogP contribution in [0.25, 0.3) is 0 Å². The molecule has 4 amide bonds. The maximum atomic E-state index is 13.2. The normalized spacial score (nSPS) is 15.4. The Balaban J connectivity index is 1.57. The van der Waals surface area contributed by atoms with E-state index >= 15 is 0 Å². The number of ether oxygens (including phenoxy) is 4. The van der Waals surface area contributed by atoms with Gasteiger partial charge in [0.25, 0.3) is 0 Å².